The maximum atomic E-state index is 10.9. The molecule has 5 heteroatoms. The van der Waals surface area contributed by atoms with Crippen LogP contribution in [0.4, 0.5) is 0 Å². The van der Waals surface area contributed by atoms with Gasteiger partial charge in [-0.2, -0.15) is 5.10 Å². The summed E-state index contributed by atoms with van der Waals surface area (Å²) in [5.41, 5.74) is 3.85. The van der Waals surface area contributed by atoms with Crippen LogP contribution in [0, 0.1) is 0 Å². The van der Waals surface area contributed by atoms with E-state index in [1.54, 1.807) is 4.68 Å². The molecule has 33 heavy (non-hydrogen) atoms. The topological polar surface area (TPSA) is 50.5 Å². The van der Waals surface area contributed by atoms with Crippen molar-refractivity contribution in [3.63, 3.8) is 0 Å². The molecule has 3 aromatic carbocycles. The number of benzene rings is 3. The molecule has 1 aromatic heterocycles. The van der Waals surface area contributed by atoms with E-state index in [0.717, 1.165) is 28.1 Å². The maximum absolute atomic E-state index is 10.9. The van der Waals surface area contributed by atoms with Crippen LogP contribution in [0.15, 0.2) is 91.0 Å². The molecule has 0 aliphatic heterocycles. The van der Waals surface area contributed by atoms with Gasteiger partial charge in [-0.05, 0) is 31.5 Å². The summed E-state index contributed by atoms with van der Waals surface area (Å²) in [7, 11) is 1.91. The van der Waals surface area contributed by atoms with Gasteiger partial charge in [0.15, 0.2) is 0 Å². The number of ether oxygens (including phenoxy) is 1. The Morgan fingerprint density at radius 2 is 1.45 bits per heavy atom. The van der Waals surface area contributed by atoms with Gasteiger partial charge in [-0.1, -0.05) is 78.9 Å². The maximum Gasteiger partial charge on any atom is 0.222 e. The number of aliphatic hydroxyl groups excluding tert-OH is 1. The lowest BCUT2D eigenvalue weighted by Crippen LogP contribution is -2.34. The van der Waals surface area contributed by atoms with Crippen LogP contribution in [0.2, 0.25) is 0 Å². The monoisotopic (exact) mass is 441 g/mol. The van der Waals surface area contributed by atoms with E-state index in [0.29, 0.717) is 19.0 Å². The fourth-order valence-corrected chi connectivity index (χ4v) is 3.91. The van der Waals surface area contributed by atoms with E-state index in [1.807, 2.05) is 85.9 Å². The highest BCUT2D eigenvalue weighted by Crippen LogP contribution is 2.34. The van der Waals surface area contributed by atoms with Crippen molar-refractivity contribution in [2.45, 2.75) is 32.5 Å². The molecule has 0 bridgehead atoms. The molecular weight excluding hydrogens is 410 g/mol. The fourth-order valence-electron chi connectivity index (χ4n) is 3.91. The Labute approximate surface area is 195 Å². The average Bonchev–Trinajstić information content (AvgIpc) is 3.15. The average molecular weight is 442 g/mol. The van der Waals surface area contributed by atoms with Crippen molar-refractivity contribution in [1.29, 1.82) is 0 Å². The van der Waals surface area contributed by atoms with Gasteiger partial charge in [-0.25, -0.2) is 4.68 Å². The number of rotatable bonds is 9. The molecule has 0 aliphatic rings. The highest BCUT2D eigenvalue weighted by Gasteiger charge is 2.25. The van der Waals surface area contributed by atoms with Crippen LogP contribution < -0.4 is 4.74 Å². The minimum atomic E-state index is -0.580. The Kier molecular flexibility index (Phi) is 7.23. The van der Waals surface area contributed by atoms with E-state index in [9.17, 15) is 5.11 Å². The zero-order valence-electron chi connectivity index (χ0n) is 19.4. The minimum absolute atomic E-state index is 0.219. The smallest absolute Gasteiger partial charge is 0.222 e. The van der Waals surface area contributed by atoms with Gasteiger partial charge in [0.1, 0.15) is 11.4 Å². The summed E-state index contributed by atoms with van der Waals surface area (Å²) in [4.78, 5) is 2.26. The van der Waals surface area contributed by atoms with Crippen LogP contribution >= 0.6 is 0 Å². The van der Waals surface area contributed by atoms with Crippen molar-refractivity contribution in [3.05, 3.63) is 102 Å². The summed E-state index contributed by atoms with van der Waals surface area (Å²) in [6, 6.07) is 30.0. The number of nitrogens with zero attached hydrogens (tertiary/aromatic N) is 3. The molecule has 4 rings (SSSR count). The lowest BCUT2D eigenvalue weighted by Gasteiger charge is -2.29. The van der Waals surface area contributed by atoms with Crippen LogP contribution in [0.3, 0.4) is 0 Å². The highest BCUT2D eigenvalue weighted by atomic mass is 16.5. The molecule has 1 N–H and O–H groups in total. The molecule has 0 saturated carbocycles. The molecular formula is C28H31N3O2. The standard InChI is InChI=1S/C28H31N3O2/c1-21(2)31(20-26(32)22-13-7-4-8-14-22)19-25-27(23-15-9-5-10-16-23)29-30(3)28(25)33-24-17-11-6-12-18-24/h4-18,21,26,32H,19-20H2,1-3H3. The molecule has 1 unspecified atom stereocenters. The van der Waals surface area contributed by atoms with Crippen LogP contribution in [0.5, 0.6) is 11.6 Å². The van der Waals surface area contributed by atoms with Gasteiger partial charge in [0.25, 0.3) is 0 Å². The van der Waals surface area contributed by atoms with Gasteiger partial charge in [0, 0.05) is 31.7 Å². The number of hydrogen-bond donors (Lipinski definition) is 1. The van der Waals surface area contributed by atoms with Gasteiger partial charge in [0.2, 0.25) is 5.88 Å². The molecule has 5 nitrogen and oxygen atoms in total. The fraction of sp³-hybridized carbons (Fsp3) is 0.250. The first kappa shape index (κ1) is 22.8. The molecule has 0 aliphatic carbocycles. The van der Waals surface area contributed by atoms with Gasteiger partial charge in [-0.3, -0.25) is 4.90 Å². The predicted molar refractivity (Wildman–Crippen MR) is 132 cm³/mol. The van der Waals surface area contributed by atoms with E-state index in [1.165, 1.54) is 0 Å². The Morgan fingerprint density at radius 3 is 2.06 bits per heavy atom. The summed E-state index contributed by atoms with van der Waals surface area (Å²) in [5.74, 6) is 1.47. The molecule has 4 aromatic rings. The zero-order chi connectivity index (χ0) is 23.2. The van der Waals surface area contributed by atoms with Crippen LogP contribution in [-0.4, -0.2) is 32.4 Å². The number of hydrogen-bond acceptors (Lipinski definition) is 4. The third-order valence-electron chi connectivity index (χ3n) is 5.78. The lowest BCUT2D eigenvalue weighted by molar-refractivity contribution is 0.0904. The van der Waals surface area contributed by atoms with Crippen molar-refractivity contribution < 1.29 is 9.84 Å². The summed E-state index contributed by atoms with van der Waals surface area (Å²) < 4.78 is 8.13. The van der Waals surface area contributed by atoms with E-state index >= 15 is 0 Å². The van der Waals surface area contributed by atoms with Gasteiger partial charge >= 0.3 is 0 Å². The Balaban J connectivity index is 1.70. The molecule has 0 radical (unpaired) electrons. The Morgan fingerprint density at radius 1 is 0.879 bits per heavy atom. The van der Waals surface area contributed by atoms with E-state index in [2.05, 4.69) is 30.9 Å². The van der Waals surface area contributed by atoms with Gasteiger partial charge in [0.05, 0.1) is 11.7 Å². The van der Waals surface area contributed by atoms with Crippen LogP contribution in [0.25, 0.3) is 11.3 Å². The second-order valence-corrected chi connectivity index (χ2v) is 8.49. The van der Waals surface area contributed by atoms with Crippen molar-refractivity contribution in [1.82, 2.24) is 14.7 Å². The number of aliphatic hydroxyl groups is 1. The summed E-state index contributed by atoms with van der Waals surface area (Å²) in [6.07, 6.45) is -0.580. The SMILES string of the molecule is CC(C)N(Cc1c(-c2ccccc2)nn(C)c1Oc1ccccc1)CC(O)c1ccccc1. The molecule has 1 atom stereocenters. The van der Waals surface area contributed by atoms with Crippen molar-refractivity contribution in [2.75, 3.05) is 6.54 Å². The number of para-hydroxylation sites is 1. The molecule has 0 saturated heterocycles. The van der Waals surface area contributed by atoms with Gasteiger partial charge < -0.3 is 9.84 Å². The van der Waals surface area contributed by atoms with Crippen LogP contribution in [-0.2, 0) is 13.6 Å². The first-order valence-corrected chi connectivity index (χ1v) is 11.3. The largest absolute Gasteiger partial charge is 0.439 e. The van der Waals surface area contributed by atoms with Gasteiger partial charge in [-0.15, -0.1) is 0 Å². The third kappa shape index (κ3) is 5.51. The second kappa shape index (κ2) is 10.5. The first-order valence-electron chi connectivity index (χ1n) is 11.3. The summed E-state index contributed by atoms with van der Waals surface area (Å²) >= 11 is 0. The molecule has 0 amide bonds. The second-order valence-electron chi connectivity index (χ2n) is 8.49. The molecule has 1 heterocycles. The number of aryl methyl sites for hydroxylation is 1. The summed E-state index contributed by atoms with van der Waals surface area (Å²) in [6.45, 7) is 5.40. The number of aromatic nitrogens is 2. The predicted octanol–water partition coefficient (Wildman–Crippen LogP) is 5.82. The quantitative estimate of drug-likeness (QED) is 0.355. The minimum Gasteiger partial charge on any atom is -0.439 e. The van der Waals surface area contributed by atoms with Crippen molar-refractivity contribution in [2.24, 2.45) is 7.05 Å². The molecule has 0 spiro atoms. The summed E-state index contributed by atoms with van der Waals surface area (Å²) in [5, 5.41) is 15.7. The zero-order valence-corrected chi connectivity index (χ0v) is 19.4. The van der Waals surface area contributed by atoms with Crippen molar-refractivity contribution >= 4 is 0 Å². The molecule has 170 valence electrons. The van der Waals surface area contributed by atoms with E-state index < -0.39 is 6.10 Å². The van der Waals surface area contributed by atoms with E-state index in [4.69, 9.17) is 9.84 Å². The lowest BCUT2D eigenvalue weighted by atomic mass is 10.1. The Bertz CT molecular complexity index is 1140. The van der Waals surface area contributed by atoms with Crippen molar-refractivity contribution in [3.8, 4) is 22.9 Å². The first-order chi connectivity index (χ1) is 16.0. The Hall–Kier alpha value is -3.41. The van der Waals surface area contributed by atoms with Crippen LogP contribution in [0.1, 0.15) is 31.1 Å². The third-order valence-corrected chi connectivity index (χ3v) is 5.78. The molecule has 0 fully saturated rings. The van der Waals surface area contributed by atoms with E-state index in [-0.39, 0.29) is 6.04 Å². The normalized spacial score (nSPS) is 12.3. The highest BCUT2D eigenvalue weighted by molar-refractivity contribution is 5.65.